The van der Waals surface area contributed by atoms with Crippen LogP contribution >= 0.6 is 0 Å². The Balaban J connectivity index is 1.44. The molecule has 0 aliphatic carbocycles. The first-order valence-electron chi connectivity index (χ1n) is 9.25. The monoisotopic (exact) mass is 336 g/mol. The Morgan fingerprint density at radius 2 is 1.08 bits per heavy atom. The van der Waals surface area contributed by atoms with Crippen molar-refractivity contribution in [2.75, 3.05) is 0 Å². The molecule has 130 valence electrons. The van der Waals surface area contributed by atoms with Gasteiger partial charge in [-0.3, -0.25) is 0 Å². The molecule has 3 aliphatic rings. The van der Waals surface area contributed by atoms with Gasteiger partial charge in [0.1, 0.15) is 0 Å². The molecule has 25 heavy (non-hydrogen) atoms. The van der Waals surface area contributed by atoms with E-state index in [-0.39, 0.29) is 12.2 Å². The summed E-state index contributed by atoms with van der Waals surface area (Å²) in [7, 11) is 0. The van der Waals surface area contributed by atoms with Crippen molar-refractivity contribution in [2.24, 2.45) is 11.8 Å². The highest BCUT2D eigenvalue weighted by Gasteiger charge is 2.41. The van der Waals surface area contributed by atoms with Crippen LogP contribution < -0.4 is 0 Å². The Labute approximate surface area is 148 Å². The number of benzene rings is 2. The third-order valence-corrected chi connectivity index (χ3v) is 6.23. The van der Waals surface area contributed by atoms with Crippen LogP contribution in [0.4, 0.5) is 0 Å². The topological polar surface area (TPSA) is 27.7 Å². The van der Waals surface area contributed by atoms with Crippen molar-refractivity contribution in [1.29, 1.82) is 0 Å². The number of hydrogen-bond acceptors (Lipinski definition) is 3. The van der Waals surface area contributed by atoms with Gasteiger partial charge in [0.15, 0.2) is 0 Å². The van der Waals surface area contributed by atoms with Crippen molar-refractivity contribution < 1.29 is 14.2 Å². The Kier molecular flexibility index (Phi) is 3.70. The highest BCUT2D eigenvalue weighted by atomic mass is 16.5. The van der Waals surface area contributed by atoms with E-state index in [0.29, 0.717) is 11.8 Å². The average molecular weight is 336 g/mol. The second kappa shape index (κ2) is 5.94. The molecule has 0 spiro atoms. The molecule has 3 heteroatoms. The SMILES string of the molecule is C[C@@H]1[C@H](C)[C@@H](c2ccc3c(c2)COC3)O[C@@H]1c1ccc2c(c1)COC2. The predicted octanol–water partition coefficient (Wildman–Crippen LogP) is 4.83. The molecule has 0 saturated carbocycles. The van der Waals surface area contributed by atoms with Gasteiger partial charge >= 0.3 is 0 Å². The number of ether oxygens (including phenoxy) is 3. The number of fused-ring (bicyclic) bond motifs is 2. The van der Waals surface area contributed by atoms with Crippen molar-refractivity contribution in [3.63, 3.8) is 0 Å². The molecule has 0 N–H and O–H groups in total. The molecule has 1 fully saturated rings. The van der Waals surface area contributed by atoms with Crippen LogP contribution in [0.2, 0.25) is 0 Å². The molecule has 2 aromatic rings. The molecular weight excluding hydrogens is 312 g/mol. The smallest absolute Gasteiger partial charge is 0.0862 e. The summed E-state index contributed by atoms with van der Waals surface area (Å²) in [4.78, 5) is 0. The lowest BCUT2D eigenvalue weighted by Gasteiger charge is -2.17. The molecule has 5 rings (SSSR count). The van der Waals surface area contributed by atoms with Gasteiger partial charge in [-0.25, -0.2) is 0 Å². The van der Waals surface area contributed by atoms with E-state index in [0.717, 1.165) is 26.4 Å². The second-order valence-corrected chi connectivity index (χ2v) is 7.74. The van der Waals surface area contributed by atoms with Gasteiger partial charge < -0.3 is 14.2 Å². The quantitative estimate of drug-likeness (QED) is 0.786. The van der Waals surface area contributed by atoms with E-state index in [4.69, 9.17) is 14.2 Å². The fourth-order valence-electron chi connectivity index (χ4n) is 4.46. The zero-order valence-corrected chi connectivity index (χ0v) is 14.8. The maximum Gasteiger partial charge on any atom is 0.0862 e. The summed E-state index contributed by atoms with van der Waals surface area (Å²) in [6.45, 7) is 7.58. The van der Waals surface area contributed by atoms with Gasteiger partial charge in [-0.05, 0) is 45.2 Å². The zero-order chi connectivity index (χ0) is 17.0. The Morgan fingerprint density at radius 3 is 1.56 bits per heavy atom. The van der Waals surface area contributed by atoms with Gasteiger partial charge in [-0.2, -0.15) is 0 Å². The highest BCUT2D eigenvalue weighted by molar-refractivity contribution is 5.37. The second-order valence-electron chi connectivity index (χ2n) is 7.74. The van der Waals surface area contributed by atoms with E-state index in [1.54, 1.807) is 0 Å². The predicted molar refractivity (Wildman–Crippen MR) is 94.8 cm³/mol. The molecule has 1 saturated heterocycles. The van der Waals surface area contributed by atoms with Crippen molar-refractivity contribution >= 4 is 0 Å². The van der Waals surface area contributed by atoms with Crippen LogP contribution in [0.15, 0.2) is 36.4 Å². The summed E-state index contributed by atoms with van der Waals surface area (Å²) in [6, 6.07) is 13.4. The first-order chi connectivity index (χ1) is 12.2. The summed E-state index contributed by atoms with van der Waals surface area (Å²) in [5, 5.41) is 0. The van der Waals surface area contributed by atoms with Crippen LogP contribution in [-0.4, -0.2) is 0 Å². The third-order valence-electron chi connectivity index (χ3n) is 6.23. The van der Waals surface area contributed by atoms with Crippen LogP contribution in [0.5, 0.6) is 0 Å². The van der Waals surface area contributed by atoms with Crippen molar-refractivity contribution in [1.82, 2.24) is 0 Å². The first-order valence-corrected chi connectivity index (χ1v) is 9.25. The van der Waals surface area contributed by atoms with E-state index in [1.807, 2.05) is 0 Å². The minimum Gasteiger partial charge on any atom is -0.372 e. The van der Waals surface area contributed by atoms with E-state index in [9.17, 15) is 0 Å². The van der Waals surface area contributed by atoms with Gasteiger partial charge in [0, 0.05) is 0 Å². The Hall–Kier alpha value is -1.68. The standard InChI is InChI=1S/C22H24O3/c1-13-14(2)22(16-4-6-18-10-24-12-20(18)8-16)25-21(13)15-3-5-17-9-23-11-19(17)7-15/h3-8,13-14,21-22H,9-12H2,1-2H3/t13-,14+,21-,22-/m0/s1. The molecule has 0 bridgehead atoms. The molecule has 0 aromatic heterocycles. The van der Waals surface area contributed by atoms with Gasteiger partial charge in [0.25, 0.3) is 0 Å². The van der Waals surface area contributed by atoms with Gasteiger partial charge in [-0.15, -0.1) is 0 Å². The molecule has 0 unspecified atom stereocenters. The molecule has 3 aliphatic heterocycles. The average Bonchev–Trinajstić information content (AvgIpc) is 3.34. The van der Waals surface area contributed by atoms with Crippen LogP contribution in [0.25, 0.3) is 0 Å². The number of hydrogen-bond donors (Lipinski definition) is 0. The summed E-state index contributed by atoms with van der Waals surface area (Å²) >= 11 is 0. The molecule has 3 heterocycles. The van der Waals surface area contributed by atoms with Crippen LogP contribution in [0.3, 0.4) is 0 Å². The summed E-state index contributed by atoms with van der Waals surface area (Å²) in [6.07, 6.45) is 0.297. The largest absolute Gasteiger partial charge is 0.372 e. The van der Waals surface area contributed by atoms with E-state index in [2.05, 4.69) is 50.2 Å². The van der Waals surface area contributed by atoms with E-state index in [1.165, 1.54) is 33.4 Å². The third kappa shape index (κ3) is 2.53. The molecule has 2 aromatic carbocycles. The Morgan fingerprint density at radius 1 is 0.640 bits per heavy atom. The fourth-order valence-corrected chi connectivity index (χ4v) is 4.46. The minimum atomic E-state index is 0.149. The van der Waals surface area contributed by atoms with E-state index < -0.39 is 0 Å². The lowest BCUT2D eigenvalue weighted by atomic mass is 9.84. The maximum atomic E-state index is 6.60. The van der Waals surface area contributed by atoms with Gasteiger partial charge in [0.2, 0.25) is 0 Å². The molecular formula is C22H24O3. The van der Waals surface area contributed by atoms with Crippen LogP contribution in [0.1, 0.15) is 59.4 Å². The molecule has 3 nitrogen and oxygen atoms in total. The highest BCUT2D eigenvalue weighted by Crippen LogP contribution is 2.49. The van der Waals surface area contributed by atoms with Crippen molar-refractivity contribution in [2.45, 2.75) is 52.5 Å². The summed E-state index contributed by atoms with van der Waals surface area (Å²) < 4.78 is 17.7. The summed E-state index contributed by atoms with van der Waals surface area (Å²) in [5.41, 5.74) is 7.85. The Bertz CT molecular complexity index is 745. The molecule has 4 atom stereocenters. The fraction of sp³-hybridized carbons (Fsp3) is 0.455. The summed E-state index contributed by atoms with van der Waals surface area (Å²) in [5.74, 6) is 0.963. The maximum absolute atomic E-state index is 6.60. The van der Waals surface area contributed by atoms with Gasteiger partial charge in [0.05, 0.1) is 38.6 Å². The first kappa shape index (κ1) is 15.6. The molecule has 0 amide bonds. The lowest BCUT2D eigenvalue weighted by Crippen LogP contribution is -2.10. The van der Waals surface area contributed by atoms with Gasteiger partial charge in [-0.1, -0.05) is 50.2 Å². The van der Waals surface area contributed by atoms with Crippen molar-refractivity contribution in [3.05, 3.63) is 69.8 Å². The van der Waals surface area contributed by atoms with Crippen molar-refractivity contribution in [3.8, 4) is 0 Å². The minimum absolute atomic E-state index is 0.149. The van der Waals surface area contributed by atoms with Crippen LogP contribution in [-0.2, 0) is 40.6 Å². The zero-order valence-electron chi connectivity index (χ0n) is 14.8. The molecule has 0 radical (unpaired) electrons. The normalized spacial score (nSPS) is 30.5. The van der Waals surface area contributed by atoms with E-state index >= 15 is 0 Å². The lowest BCUT2D eigenvalue weighted by molar-refractivity contribution is 0.0289. The number of rotatable bonds is 2. The van der Waals surface area contributed by atoms with Crippen LogP contribution in [0, 0.1) is 11.8 Å².